The van der Waals surface area contributed by atoms with Crippen LogP contribution in [0.2, 0.25) is 5.28 Å². The van der Waals surface area contributed by atoms with Crippen molar-refractivity contribution in [3.8, 4) is 0 Å². The van der Waals surface area contributed by atoms with Gasteiger partial charge in [0, 0.05) is 10.4 Å². The molecule has 2 aromatic heterocycles. The summed E-state index contributed by atoms with van der Waals surface area (Å²) in [5.74, 6) is 0.903. The van der Waals surface area contributed by atoms with Crippen molar-refractivity contribution in [3.63, 3.8) is 0 Å². The minimum atomic E-state index is 0.136. The molecule has 3 rings (SSSR count). The molecule has 0 atom stereocenters. The predicted molar refractivity (Wildman–Crippen MR) is 86.9 cm³/mol. The van der Waals surface area contributed by atoms with Gasteiger partial charge in [-0.25, -0.2) is 9.97 Å². The molecule has 5 heteroatoms. The van der Waals surface area contributed by atoms with Crippen LogP contribution in [0.4, 0.5) is 5.82 Å². The van der Waals surface area contributed by atoms with E-state index < -0.39 is 0 Å². The lowest BCUT2D eigenvalue weighted by molar-refractivity contribution is 0.349. The highest BCUT2D eigenvalue weighted by Gasteiger charge is 2.28. The highest BCUT2D eigenvalue weighted by molar-refractivity contribution is 7.18. The molecule has 0 aromatic carbocycles. The summed E-state index contributed by atoms with van der Waals surface area (Å²) >= 11 is 7.79. The van der Waals surface area contributed by atoms with Crippen LogP contribution >= 0.6 is 22.9 Å². The smallest absolute Gasteiger partial charge is 0.225 e. The molecule has 3 nitrogen and oxygen atoms in total. The molecule has 1 saturated carbocycles. The number of anilines is 1. The molecule has 108 valence electrons. The Morgan fingerprint density at radius 1 is 1.30 bits per heavy atom. The Morgan fingerprint density at radius 3 is 2.75 bits per heavy atom. The van der Waals surface area contributed by atoms with Crippen molar-refractivity contribution in [2.24, 2.45) is 0 Å². The summed E-state index contributed by atoms with van der Waals surface area (Å²) in [6.45, 7) is 4.45. The minimum absolute atomic E-state index is 0.136. The van der Waals surface area contributed by atoms with E-state index in [-0.39, 0.29) is 5.54 Å². The van der Waals surface area contributed by atoms with Gasteiger partial charge in [0.2, 0.25) is 5.28 Å². The van der Waals surface area contributed by atoms with Crippen molar-refractivity contribution >= 4 is 39.0 Å². The van der Waals surface area contributed by atoms with E-state index in [4.69, 9.17) is 11.6 Å². The van der Waals surface area contributed by atoms with E-state index in [1.807, 2.05) is 0 Å². The summed E-state index contributed by atoms with van der Waals surface area (Å²) in [5.41, 5.74) is 0.136. The van der Waals surface area contributed by atoms with Gasteiger partial charge in [0.1, 0.15) is 10.6 Å². The monoisotopic (exact) mass is 309 g/mol. The average Bonchev–Trinajstić information content (AvgIpc) is 2.82. The number of hydrogen-bond donors (Lipinski definition) is 1. The molecule has 0 amide bonds. The third-order valence-corrected chi connectivity index (χ3v) is 5.48. The highest BCUT2D eigenvalue weighted by Crippen LogP contribution is 2.35. The fourth-order valence-corrected chi connectivity index (χ4v) is 4.14. The molecule has 0 spiro atoms. The molecule has 0 radical (unpaired) electrons. The first-order chi connectivity index (χ1) is 9.59. The van der Waals surface area contributed by atoms with Crippen LogP contribution < -0.4 is 5.32 Å². The number of thiophene rings is 1. The second kappa shape index (κ2) is 5.49. The third kappa shape index (κ3) is 2.77. The lowest BCUT2D eigenvalue weighted by Crippen LogP contribution is -2.37. The maximum absolute atomic E-state index is 6.08. The first-order valence-corrected chi connectivity index (χ1v) is 8.53. The van der Waals surface area contributed by atoms with Crippen LogP contribution in [0.3, 0.4) is 0 Å². The molecule has 1 fully saturated rings. The first kappa shape index (κ1) is 14.1. The average molecular weight is 310 g/mol. The molecule has 0 saturated heterocycles. The van der Waals surface area contributed by atoms with Crippen LogP contribution in [-0.2, 0) is 6.42 Å². The van der Waals surface area contributed by atoms with Gasteiger partial charge in [0.15, 0.2) is 0 Å². The van der Waals surface area contributed by atoms with Gasteiger partial charge in [0.25, 0.3) is 0 Å². The number of aryl methyl sites for hydroxylation is 1. The summed E-state index contributed by atoms with van der Waals surface area (Å²) in [6.07, 6.45) is 7.33. The van der Waals surface area contributed by atoms with Crippen LogP contribution in [-0.4, -0.2) is 15.5 Å². The Morgan fingerprint density at radius 2 is 2.05 bits per heavy atom. The molecular formula is C15H20ClN3S. The quantitative estimate of drug-likeness (QED) is 0.807. The predicted octanol–water partition coefficient (Wildman–Crippen LogP) is 5.04. The van der Waals surface area contributed by atoms with E-state index >= 15 is 0 Å². The topological polar surface area (TPSA) is 37.8 Å². The zero-order valence-corrected chi connectivity index (χ0v) is 13.6. The zero-order valence-electron chi connectivity index (χ0n) is 12.0. The fraction of sp³-hybridized carbons (Fsp3) is 0.600. The number of fused-ring (bicyclic) bond motifs is 1. The summed E-state index contributed by atoms with van der Waals surface area (Å²) < 4.78 is 0. The molecular weight excluding hydrogens is 290 g/mol. The van der Waals surface area contributed by atoms with Crippen LogP contribution in [0.5, 0.6) is 0 Å². The Kier molecular flexibility index (Phi) is 3.87. The highest BCUT2D eigenvalue weighted by atomic mass is 35.5. The van der Waals surface area contributed by atoms with Crippen molar-refractivity contribution < 1.29 is 0 Å². The molecule has 2 heterocycles. The lowest BCUT2D eigenvalue weighted by atomic mass is 9.83. The number of hydrogen-bond acceptors (Lipinski definition) is 4. The second-order valence-corrected chi connectivity index (χ2v) is 7.33. The molecule has 1 aliphatic rings. The van der Waals surface area contributed by atoms with E-state index in [0.717, 1.165) is 22.5 Å². The van der Waals surface area contributed by atoms with Gasteiger partial charge in [-0.15, -0.1) is 11.3 Å². The number of halogens is 1. The van der Waals surface area contributed by atoms with Crippen molar-refractivity contribution in [2.45, 2.75) is 57.9 Å². The number of rotatable bonds is 3. The van der Waals surface area contributed by atoms with Gasteiger partial charge in [-0.2, -0.15) is 0 Å². The van der Waals surface area contributed by atoms with E-state index in [1.54, 1.807) is 11.3 Å². The fourth-order valence-electron chi connectivity index (χ4n) is 2.96. The van der Waals surface area contributed by atoms with Crippen molar-refractivity contribution in [1.82, 2.24) is 9.97 Å². The number of nitrogens with zero attached hydrogens (tertiary/aromatic N) is 2. The maximum atomic E-state index is 6.08. The van der Waals surface area contributed by atoms with E-state index in [2.05, 4.69) is 35.2 Å². The zero-order chi connectivity index (χ0) is 14.2. The maximum Gasteiger partial charge on any atom is 0.225 e. The molecule has 0 unspecified atom stereocenters. The molecule has 2 aromatic rings. The van der Waals surface area contributed by atoms with Crippen molar-refractivity contribution in [2.75, 3.05) is 5.32 Å². The van der Waals surface area contributed by atoms with E-state index in [9.17, 15) is 0 Å². The largest absolute Gasteiger partial charge is 0.364 e. The van der Waals surface area contributed by atoms with Gasteiger partial charge in [0.05, 0.1) is 5.39 Å². The standard InChI is InChI=1S/C15H20ClN3S/c1-3-10-9-11-12(17-14(16)18-13(11)20-10)19-15(2)7-5-4-6-8-15/h9H,3-8H2,1-2H3,(H,17,18,19). The Balaban J connectivity index is 1.99. The minimum Gasteiger partial charge on any atom is -0.364 e. The van der Waals surface area contributed by atoms with Crippen LogP contribution in [0.15, 0.2) is 6.07 Å². The van der Waals surface area contributed by atoms with Gasteiger partial charge >= 0.3 is 0 Å². The van der Waals surface area contributed by atoms with Gasteiger partial charge in [-0.1, -0.05) is 26.2 Å². The molecule has 1 aliphatic carbocycles. The van der Waals surface area contributed by atoms with E-state index in [0.29, 0.717) is 5.28 Å². The molecule has 0 aliphatic heterocycles. The first-order valence-electron chi connectivity index (χ1n) is 7.34. The summed E-state index contributed by atoms with van der Waals surface area (Å²) in [5, 5.41) is 5.10. The molecule has 1 N–H and O–H groups in total. The van der Waals surface area contributed by atoms with Crippen molar-refractivity contribution in [1.29, 1.82) is 0 Å². The van der Waals surface area contributed by atoms with E-state index in [1.165, 1.54) is 37.0 Å². The van der Waals surface area contributed by atoms with Gasteiger partial charge in [-0.3, -0.25) is 0 Å². The van der Waals surface area contributed by atoms with Crippen LogP contribution in [0.25, 0.3) is 10.2 Å². The molecule has 0 bridgehead atoms. The van der Waals surface area contributed by atoms with Gasteiger partial charge in [-0.05, 0) is 43.9 Å². The Labute approximate surface area is 128 Å². The Hall–Kier alpha value is -0.870. The summed E-state index contributed by atoms with van der Waals surface area (Å²) in [4.78, 5) is 11.1. The van der Waals surface area contributed by atoms with Crippen LogP contribution in [0.1, 0.15) is 50.8 Å². The lowest BCUT2D eigenvalue weighted by Gasteiger charge is -2.35. The van der Waals surface area contributed by atoms with Crippen molar-refractivity contribution in [3.05, 3.63) is 16.2 Å². The summed E-state index contributed by atoms with van der Waals surface area (Å²) in [6, 6.07) is 2.20. The Bertz CT molecular complexity index is 617. The third-order valence-electron chi connectivity index (χ3n) is 4.14. The number of nitrogens with one attached hydrogen (secondary N) is 1. The van der Waals surface area contributed by atoms with Crippen LogP contribution in [0, 0.1) is 0 Å². The summed E-state index contributed by atoms with van der Waals surface area (Å²) in [7, 11) is 0. The van der Waals surface area contributed by atoms with Gasteiger partial charge < -0.3 is 5.32 Å². The second-order valence-electron chi connectivity index (χ2n) is 5.87. The molecule has 20 heavy (non-hydrogen) atoms. The normalized spacial score (nSPS) is 18.4. The SMILES string of the molecule is CCc1cc2c(NC3(C)CCCCC3)nc(Cl)nc2s1. The number of aromatic nitrogens is 2.